The molecule has 27 heavy (non-hydrogen) atoms. The van der Waals surface area contributed by atoms with Gasteiger partial charge < -0.3 is 10.6 Å². The summed E-state index contributed by atoms with van der Waals surface area (Å²) in [6, 6.07) is 17.1. The first-order valence-corrected chi connectivity index (χ1v) is 9.37. The van der Waals surface area contributed by atoms with E-state index in [9.17, 15) is 9.59 Å². The number of nitrogens with one attached hydrogen (secondary N) is 2. The lowest BCUT2D eigenvalue weighted by molar-refractivity contribution is -0.117. The molecule has 2 rings (SSSR count). The average Bonchev–Trinajstić information content (AvgIpc) is 2.68. The van der Waals surface area contributed by atoms with Gasteiger partial charge in [-0.1, -0.05) is 49.4 Å². The predicted octanol–water partition coefficient (Wildman–Crippen LogP) is 3.85. The van der Waals surface area contributed by atoms with E-state index in [2.05, 4.69) is 24.5 Å². The van der Waals surface area contributed by atoms with Crippen molar-refractivity contribution in [3.8, 4) is 0 Å². The van der Waals surface area contributed by atoms with Crippen LogP contribution in [0.25, 0.3) is 0 Å². The van der Waals surface area contributed by atoms with Gasteiger partial charge in [0.05, 0.1) is 23.8 Å². The lowest BCUT2D eigenvalue weighted by Crippen LogP contribution is -2.36. The number of amides is 2. The van der Waals surface area contributed by atoms with E-state index < -0.39 is 0 Å². The van der Waals surface area contributed by atoms with Crippen LogP contribution in [-0.2, 0) is 4.79 Å². The predicted molar refractivity (Wildman–Crippen MR) is 110 cm³/mol. The summed E-state index contributed by atoms with van der Waals surface area (Å²) in [5, 5.41) is 5.87. The van der Waals surface area contributed by atoms with Crippen molar-refractivity contribution in [2.75, 3.05) is 18.9 Å². The monoisotopic (exact) mass is 367 g/mol. The number of benzene rings is 2. The van der Waals surface area contributed by atoms with Crippen molar-refractivity contribution in [1.82, 2.24) is 10.2 Å². The molecule has 144 valence electrons. The number of hydrogen-bond acceptors (Lipinski definition) is 3. The van der Waals surface area contributed by atoms with Crippen LogP contribution >= 0.6 is 0 Å². The van der Waals surface area contributed by atoms with Gasteiger partial charge in [-0.2, -0.15) is 0 Å². The van der Waals surface area contributed by atoms with Crippen molar-refractivity contribution in [3.05, 3.63) is 65.7 Å². The van der Waals surface area contributed by atoms with E-state index >= 15 is 0 Å². The summed E-state index contributed by atoms with van der Waals surface area (Å²) in [5.41, 5.74) is 2.01. The quantitative estimate of drug-likeness (QED) is 0.745. The minimum atomic E-state index is -0.211. The van der Waals surface area contributed by atoms with Crippen molar-refractivity contribution in [2.24, 2.45) is 0 Å². The number of carbonyl (C=O) groups excluding carboxylic acids is 2. The number of likely N-dealkylation sites (N-methyl/N-ethyl adjacent to an activating group) is 1. The topological polar surface area (TPSA) is 61.4 Å². The Morgan fingerprint density at radius 2 is 1.63 bits per heavy atom. The molecule has 2 unspecified atom stereocenters. The molecular formula is C22H29N3O2. The second-order valence-electron chi connectivity index (χ2n) is 6.87. The molecule has 0 saturated carbocycles. The van der Waals surface area contributed by atoms with E-state index in [1.807, 2.05) is 55.3 Å². The molecule has 0 heterocycles. The van der Waals surface area contributed by atoms with Gasteiger partial charge >= 0.3 is 0 Å². The smallest absolute Gasteiger partial charge is 0.253 e. The maximum Gasteiger partial charge on any atom is 0.253 e. The van der Waals surface area contributed by atoms with Gasteiger partial charge in [-0.25, -0.2) is 0 Å². The van der Waals surface area contributed by atoms with Gasteiger partial charge in [0.15, 0.2) is 0 Å². The molecule has 2 N–H and O–H groups in total. The summed E-state index contributed by atoms with van der Waals surface area (Å²) in [4.78, 5) is 27.1. The first-order chi connectivity index (χ1) is 12.9. The average molecular weight is 367 g/mol. The first kappa shape index (κ1) is 20.6. The molecule has 2 aromatic rings. The third-order valence-electron chi connectivity index (χ3n) is 4.83. The lowest BCUT2D eigenvalue weighted by atomic mass is 10.1. The summed E-state index contributed by atoms with van der Waals surface area (Å²) < 4.78 is 0. The molecule has 2 aromatic carbocycles. The number of rotatable bonds is 8. The fourth-order valence-corrected chi connectivity index (χ4v) is 2.77. The van der Waals surface area contributed by atoms with E-state index in [1.165, 1.54) is 0 Å². The van der Waals surface area contributed by atoms with Crippen LogP contribution in [0.15, 0.2) is 54.6 Å². The second-order valence-corrected chi connectivity index (χ2v) is 6.87. The number of para-hydroxylation sites is 1. The van der Waals surface area contributed by atoms with Gasteiger partial charge in [-0.3, -0.25) is 14.5 Å². The van der Waals surface area contributed by atoms with Crippen molar-refractivity contribution >= 4 is 17.5 Å². The Balaban J connectivity index is 2.06. The van der Waals surface area contributed by atoms with Gasteiger partial charge in [-0.15, -0.1) is 0 Å². The van der Waals surface area contributed by atoms with Crippen LogP contribution in [0.3, 0.4) is 0 Å². The molecule has 0 aliphatic carbocycles. The van der Waals surface area contributed by atoms with Crippen LogP contribution in [0.5, 0.6) is 0 Å². The summed E-state index contributed by atoms with van der Waals surface area (Å²) in [7, 11) is 1.92. The summed E-state index contributed by atoms with van der Waals surface area (Å²) >= 11 is 0. The van der Waals surface area contributed by atoms with E-state index in [-0.39, 0.29) is 24.4 Å². The molecule has 0 saturated heterocycles. The van der Waals surface area contributed by atoms with E-state index in [1.54, 1.807) is 18.2 Å². The van der Waals surface area contributed by atoms with Crippen molar-refractivity contribution in [1.29, 1.82) is 0 Å². The van der Waals surface area contributed by atoms with Gasteiger partial charge in [-0.05, 0) is 45.0 Å². The zero-order valence-electron chi connectivity index (χ0n) is 16.5. The Labute approximate surface area is 161 Å². The maximum atomic E-state index is 12.7. The Hall–Kier alpha value is -2.66. The van der Waals surface area contributed by atoms with Crippen LogP contribution in [0.2, 0.25) is 0 Å². The van der Waals surface area contributed by atoms with Gasteiger partial charge in [0.25, 0.3) is 5.91 Å². The number of anilines is 1. The highest BCUT2D eigenvalue weighted by Gasteiger charge is 2.17. The number of hydrogen-bond donors (Lipinski definition) is 2. The number of nitrogens with zero attached hydrogens (tertiary/aromatic N) is 1. The highest BCUT2D eigenvalue weighted by Crippen LogP contribution is 2.18. The SMILES string of the molecule is CCC(C)N(C)CC(=O)Nc1ccccc1C(=O)NC(C)c1ccccc1. The van der Waals surface area contributed by atoms with Crippen LogP contribution in [0.4, 0.5) is 5.69 Å². The molecule has 0 aromatic heterocycles. The molecule has 0 fully saturated rings. The Bertz CT molecular complexity index is 761. The van der Waals surface area contributed by atoms with Gasteiger partial charge in [0.2, 0.25) is 5.91 Å². The molecule has 0 spiro atoms. The van der Waals surface area contributed by atoms with E-state index in [0.717, 1.165) is 12.0 Å². The van der Waals surface area contributed by atoms with Crippen LogP contribution in [0.1, 0.15) is 49.2 Å². The highest BCUT2D eigenvalue weighted by molar-refractivity contribution is 6.04. The normalized spacial score (nSPS) is 13.1. The molecule has 5 heteroatoms. The summed E-state index contributed by atoms with van der Waals surface area (Å²) in [6.07, 6.45) is 0.972. The van der Waals surface area contributed by atoms with E-state index in [4.69, 9.17) is 0 Å². The molecule has 2 amide bonds. The van der Waals surface area contributed by atoms with Crippen molar-refractivity contribution in [3.63, 3.8) is 0 Å². The fourth-order valence-electron chi connectivity index (χ4n) is 2.77. The lowest BCUT2D eigenvalue weighted by Gasteiger charge is -2.23. The summed E-state index contributed by atoms with van der Waals surface area (Å²) in [6.45, 7) is 6.40. The maximum absolute atomic E-state index is 12.7. The van der Waals surface area contributed by atoms with Crippen molar-refractivity contribution < 1.29 is 9.59 Å². The molecule has 0 radical (unpaired) electrons. The molecular weight excluding hydrogens is 338 g/mol. The zero-order chi connectivity index (χ0) is 19.8. The Morgan fingerprint density at radius 1 is 1.00 bits per heavy atom. The van der Waals surface area contributed by atoms with Gasteiger partial charge in [0, 0.05) is 6.04 Å². The first-order valence-electron chi connectivity index (χ1n) is 9.37. The third-order valence-corrected chi connectivity index (χ3v) is 4.83. The van der Waals surface area contributed by atoms with E-state index in [0.29, 0.717) is 17.3 Å². The zero-order valence-corrected chi connectivity index (χ0v) is 16.5. The van der Waals surface area contributed by atoms with Crippen molar-refractivity contribution in [2.45, 2.75) is 39.3 Å². The fraction of sp³-hybridized carbons (Fsp3) is 0.364. The van der Waals surface area contributed by atoms with Gasteiger partial charge in [0.1, 0.15) is 0 Å². The third kappa shape index (κ3) is 5.93. The standard InChI is InChI=1S/C22H29N3O2/c1-5-16(2)25(4)15-21(26)24-20-14-10-9-13-19(20)22(27)23-17(3)18-11-7-6-8-12-18/h6-14,16-17H,5,15H2,1-4H3,(H,23,27)(H,24,26). The molecule has 0 aliphatic heterocycles. The number of carbonyl (C=O) groups is 2. The Kier molecular flexibility index (Phi) is 7.55. The summed E-state index contributed by atoms with van der Waals surface area (Å²) in [5.74, 6) is -0.341. The van der Waals surface area contributed by atoms with Crippen LogP contribution in [-0.4, -0.2) is 36.3 Å². The minimum Gasteiger partial charge on any atom is -0.345 e. The van der Waals surface area contributed by atoms with Crippen LogP contribution < -0.4 is 10.6 Å². The molecule has 0 bridgehead atoms. The highest BCUT2D eigenvalue weighted by atomic mass is 16.2. The second kappa shape index (κ2) is 9.88. The molecule has 0 aliphatic rings. The minimum absolute atomic E-state index is 0.126. The Morgan fingerprint density at radius 3 is 2.30 bits per heavy atom. The largest absolute Gasteiger partial charge is 0.345 e. The molecule has 5 nitrogen and oxygen atoms in total. The molecule has 2 atom stereocenters. The van der Waals surface area contributed by atoms with Crippen LogP contribution in [0, 0.1) is 0 Å².